The number of benzene rings is 2. The molecular formula is C14H12ClNO3. The summed E-state index contributed by atoms with van der Waals surface area (Å²) in [5.74, 6) is 0.611. The van der Waals surface area contributed by atoms with E-state index in [-0.39, 0.29) is 5.69 Å². The predicted octanol–water partition coefficient (Wildman–Crippen LogP) is 4.14. The molecule has 19 heavy (non-hydrogen) atoms. The summed E-state index contributed by atoms with van der Waals surface area (Å²) < 4.78 is 5.60. The van der Waals surface area contributed by atoms with E-state index >= 15 is 0 Å². The van der Waals surface area contributed by atoms with Crippen LogP contribution in [-0.4, -0.2) is 4.92 Å². The van der Waals surface area contributed by atoms with Crippen LogP contribution in [0.4, 0.5) is 5.69 Å². The summed E-state index contributed by atoms with van der Waals surface area (Å²) in [5, 5.41) is 11.1. The van der Waals surface area contributed by atoms with Gasteiger partial charge in [0.1, 0.15) is 12.4 Å². The Hall–Kier alpha value is -2.07. The van der Waals surface area contributed by atoms with Crippen molar-refractivity contribution in [2.75, 3.05) is 0 Å². The number of non-ortho nitro benzene ring substituents is 1. The SMILES string of the molecule is Cc1ccc(Cl)c(OCc2ccc([N+](=O)[O-])cc2)c1. The fraction of sp³-hybridized carbons (Fsp3) is 0.143. The highest BCUT2D eigenvalue weighted by atomic mass is 35.5. The Kier molecular flexibility index (Phi) is 4.02. The molecule has 0 saturated carbocycles. The normalized spacial score (nSPS) is 10.2. The van der Waals surface area contributed by atoms with Gasteiger partial charge in [-0.15, -0.1) is 0 Å². The van der Waals surface area contributed by atoms with Crippen molar-refractivity contribution in [2.45, 2.75) is 13.5 Å². The van der Waals surface area contributed by atoms with Gasteiger partial charge in [0.2, 0.25) is 0 Å². The average molecular weight is 278 g/mol. The average Bonchev–Trinajstić information content (AvgIpc) is 2.40. The molecule has 0 radical (unpaired) electrons. The third-order valence-electron chi connectivity index (χ3n) is 2.63. The van der Waals surface area contributed by atoms with Crippen LogP contribution < -0.4 is 4.74 Å². The molecule has 2 rings (SSSR count). The topological polar surface area (TPSA) is 52.4 Å². The molecule has 0 heterocycles. The minimum atomic E-state index is -0.429. The second-order valence-electron chi connectivity index (χ2n) is 4.15. The van der Waals surface area contributed by atoms with E-state index < -0.39 is 4.92 Å². The zero-order chi connectivity index (χ0) is 13.8. The van der Waals surface area contributed by atoms with E-state index in [0.29, 0.717) is 17.4 Å². The van der Waals surface area contributed by atoms with Gasteiger partial charge in [0, 0.05) is 12.1 Å². The number of halogens is 1. The lowest BCUT2D eigenvalue weighted by Crippen LogP contribution is -1.97. The van der Waals surface area contributed by atoms with Crippen molar-refractivity contribution in [1.29, 1.82) is 0 Å². The molecule has 0 aliphatic rings. The fourth-order valence-electron chi connectivity index (χ4n) is 1.60. The molecule has 0 unspecified atom stereocenters. The van der Waals surface area contributed by atoms with Crippen LogP contribution in [0.1, 0.15) is 11.1 Å². The third-order valence-corrected chi connectivity index (χ3v) is 2.94. The first-order valence-corrected chi connectivity index (χ1v) is 6.06. The number of nitrogens with zero attached hydrogens (tertiary/aromatic N) is 1. The highest BCUT2D eigenvalue weighted by molar-refractivity contribution is 6.32. The lowest BCUT2D eigenvalue weighted by molar-refractivity contribution is -0.384. The highest BCUT2D eigenvalue weighted by Gasteiger charge is 2.05. The van der Waals surface area contributed by atoms with Crippen molar-refractivity contribution >= 4 is 17.3 Å². The molecule has 5 heteroatoms. The second-order valence-corrected chi connectivity index (χ2v) is 4.55. The molecule has 0 bridgehead atoms. The smallest absolute Gasteiger partial charge is 0.269 e. The Morgan fingerprint density at radius 2 is 1.89 bits per heavy atom. The van der Waals surface area contributed by atoms with Crippen molar-refractivity contribution in [1.82, 2.24) is 0 Å². The highest BCUT2D eigenvalue weighted by Crippen LogP contribution is 2.26. The molecule has 0 amide bonds. The van der Waals surface area contributed by atoms with Crippen molar-refractivity contribution in [2.24, 2.45) is 0 Å². The number of hydrogen-bond acceptors (Lipinski definition) is 3. The Labute approximate surface area is 115 Å². The van der Waals surface area contributed by atoms with E-state index in [2.05, 4.69) is 0 Å². The zero-order valence-electron chi connectivity index (χ0n) is 10.3. The molecule has 0 aromatic heterocycles. The summed E-state index contributed by atoms with van der Waals surface area (Å²) in [7, 11) is 0. The van der Waals surface area contributed by atoms with Gasteiger partial charge in [0.15, 0.2) is 0 Å². The molecule has 98 valence electrons. The second kappa shape index (κ2) is 5.71. The minimum Gasteiger partial charge on any atom is -0.487 e. The number of rotatable bonds is 4. The van der Waals surface area contributed by atoms with E-state index in [1.807, 2.05) is 19.1 Å². The molecule has 0 saturated heterocycles. The monoisotopic (exact) mass is 277 g/mol. The summed E-state index contributed by atoms with van der Waals surface area (Å²) >= 11 is 6.01. The first-order chi connectivity index (χ1) is 9.06. The van der Waals surface area contributed by atoms with Crippen molar-refractivity contribution in [3.05, 3.63) is 68.7 Å². The number of ether oxygens (including phenoxy) is 1. The third kappa shape index (κ3) is 3.45. The zero-order valence-corrected chi connectivity index (χ0v) is 11.1. The van der Waals surface area contributed by atoms with Gasteiger partial charge in [-0.25, -0.2) is 0 Å². The standard InChI is InChI=1S/C14H12ClNO3/c1-10-2-7-13(15)14(8-10)19-9-11-3-5-12(6-4-11)16(17)18/h2-8H,9H2,1H3. The maximum atomic E-state index is 10.5. The van der Waals surface area contributed by atoms with E-state index in [1.165, 1.54) is 12.1 Å². The summed E-state index contributed by atoms with van der Waals surface area (Å²) in [5.41, 5.74) is 1.98. The lowest BCUT2D eigenvalue weighted by Gasteiger charge is -2.08. The molecule has 0 aliphatic carbocycles. The fourth-order valence-corrected chi connectivity index (χ4v) is 1.77. The van der Waals surface area contributed by atoms with Gasteiger partial charge in [-0.05, 0) is 42.3 Å². The molecule has 0 spiro atoms. The number of nitro benzene ring substituents is 1. The Bertz CT molecular complexity index is 596. The van der Waals surface area contributed by atoms with Crippen LogP contribution in [0.2, 0.25) is 5.02 Å². The van der Waals surface area contributed by atoms with Crippen LogP contribution in [0.3, 0.4) is 0 Å². The van der Waals surface area contributed by atoms with Gasteiger partial charge >= 0.3 is 0 Å². The molecule has 0 aliphatic heterocycles. The summed E-state index contributed by atoms with van der Waals surface area (Å²) in [4.78, 5) is 10.1. The Morgan fingerprint density at radius 3 is 2.53 bits per heavy atom. The van der Waals surface area contributed by atoms with Gasteiger partial charge < -0.3 is 4.74 Å². The largest absolute Gasteiger partial charge is 0.487 e. The van der Waals surface area contributed by atoms with E-state index in [4.69, 9.17) is 16.3 Å². The maximum absolute atomic E-state index is 10.5. The summed E-state index contributed by atoms with van der Waals surface area (Å²) in [6, 6.07) is 11.8. The van der Waals surface area contributed by atoms with Crippen LogP contribution in [0.25, 0.3) is 0 Å². The van der Waals surface area contributed by atoms with Crippen LogP contribution in [0, 0.1) is 17.0 Å². The van der Waals surface area contributed by atoms with E-state index in [0.717, 1.165) is 11.1 Å². The van der Waals surface area contributed by atoms with Gasteiger partial charge in [-0.2, -0.15) is 0 Å². The van der Waals surface area contributed by atoms with E-state index in [1.54, 1.807) is 18.2 Å². The molecule has 0 fully saturated rings. The van der Waals surface area contributed by atoms with Gasteiger partial charge in [0.05, 0.1) is 9.95 Å². The number of nitro groups is 1. The minimum absolute atomic E-state index is 0.0670. The van der Waals surface area contributed by atoms with Crippen molar-refractivity contribution < 1.29 is 9.66 Å². The molecule has 4 nitrogen and oxygen atoms in total. The van der Waals surface area contributed by atoms with Crippen LogP contribution in [0.15, 0.2) is 42.5 Å². The molecule has 2 aromatic rings. The van der Waals surface area contributed by atoms with Gasteiger partial charge in [0.25, 0.3) is 5.69 Å². The Morgan fingerprint density at radius 1 is 1.21 bits per heavy atom. The van der Waals surface area contributed by atoms with E-state index in [9.17, 15) is 10.1 Å². The van der Waals surface area contributed by atoms with Crippen LogP contribution in [-0.2, 0) is 6.61 Å². The maximum Gasteiger partial charge on any atom is 0.269 e. The summed E-state index contributed by atoms with van der Waals surface area (Å²) in [6.07, 6.45) is 0. The van der Waals surface area contributed by atoms with Crippen LogP contribution in [0.5, 0.6) is 5.75 Å². The molecule has 0 atom stereocenters. The molecular weight excluding hydrogens is 266 g/mol. The predicted molar refractivity (Wildman–Crippen MR) is 73.6 cm³/mol. The van der Waals surface area contributed by atoms with Gasteiger partial charge in [-0.3, -0.25) is 10.1 Å². The van der Waals surface area contributed by atoms with Crippen LogP contribution >= 0.6 is 11.6 Å². The van der Waals surface area contributed by atoms with Crippen molar-refractivity contribution in [3.63, 3.8) is 0 Å². The van der Waals surface area contributed by atoms with Crippen molar-refractivity contribution in [3.8, 4) is 5.75 Å². The molecule has 2 aromatic carbocycles. The summed E-state index contributed by atoms with van der Waals surface area (Å²) in [6.45, 7) is 2.27. The first kappa shape index (κ1) is 13.4. The molecule has 0 N–H and O–H groups in total. The first-order valence-electron chi connectivity index (χ1n) is 5.68. The quantitative estimate of drug-likeness (QED) is 0.623. The van der Waals surface area contributed by atoms with Gasteiger partial charge in [-0.1, -0.05) is 17.7 Å². The number of aryl methyl sites for hydroxylation is 1. The Balaban J connectivity index is 2.06. The number of hydrogen-bond donors (Lipinski definition) is 0. The lowest BCUT2D eigenvalue weighted by atomic mass is 10.2.